The van der Waals surface area contributed by atoms with Gasteiger partial charge in [-0.1, -0.05) is 6.42 Å². The fraction of sp³-hybridized carbons (Fsp3) is 0.619. The first-order valence-corrected chi connectivity index (χ1v) is 10.1. The van der Waals surface area contributed by atoms with Gasteiger partial charge >= 0.3 is 12.0 Å². The minimum absolute atomic E-state index is 0.105. The van der Waals surface area contributed by atoms with Crippen molar-refractivity contribution in [3.63, 3.8) is 0 Å². The molecule has 1 aromatic carbocycles. The Morgan fingerprint density at radius 1 is 1.15 bits per heavy atom. The molecule has 0 bridgehead atoms. The molecule has 0 aliphatic carbocycles. The van der Waals surface area contributed by atoms with Crippen LogP contribution in [0.15, 0.2) is 24.3 Å². The number of benzene rings is 1. The first kappa shape index (κ1) is 19.7. The first-order chi connectivity index (χ1) is 13.1. The van der Waals surface area contributed by atoms with Crippen molar-refractivity contribution >= 4 is 17.7 Å². The lowest BCUT2D eigenvalue weighted by molar-refractivity contribution is 0.0495. The van der Waals surface area contributed by atoms with Gasteiger partial charge in [-0.3, -0.25) is 0 Å². The van der Waals surface area contributed by atoms with Crippen molar-refractivity contribution < 1.29 is 14.3 Å². The molecule has 6 heteroatoms. The van der Waals surface area contributed by atoms with Crippen LogP contribution in [0, 0.1) is 5.92 Å². The van der Waals surface area contributed by atoms with Crippen LogP contribution in [0.2, 0.25) is 0 Å². The molecule has 148 valence electrons. The molecule has 2 heterocycles. The minimum atomic E-state index is -0.346. The van der Waals surface area contributed by atoms with Crippen LogP contribution >= 0.6 is 0 Å². The van der Waals surface area contributed by atoms with E-state index in [0.29, 0.717) is 29.8 Å². The number of nitrogens with one attached hydrogen (secondary N) is 1. The van der Waals surface area contributed by atoms with Gasteiger partial charge in [0.25, 0.3) is 0 Å². The lowest BCUT2D eigenvalue weighted by atomic mass is 9.83. The topological polar surface area (TPSA) is 61.9 Å². The quantitative estimate of drug-likeness (QED) is 0.801. The van der Waals surface area contributed by atoms with E-state index < -0.39 is 0 Å². The lowest BCUT2D eigenvalue weighted by Crippen LogP contribution is -2.51. The van der Waals surface area contributed by atoms with E-state index in [4.69, 9.17) is 4.74 Å². The van der Waals surface area contributed by atoms with Crippen molar-refractivity contribution in [2.45, 2.75) is 45.1 Å². The summed E-state index contributed by atoms with van der Waals surface area (Å²) in [6, 6.07) is 7.35. The molecule has 2 unspecified atom stereocenters. The number of piperidine rings is 2. The summed E-state index contributed by atoms with van der Waals surface area (Å²) >= 11 is 0. The van der Waals surface area contributed by atoms with Crippen LogP contribution in [0.25, 0.3) is 0 Å². The van der Waals surface area contributed by atoms with Crippen LogP contribution in [-0.2, 0) is 4.74 Å². The van der Waals surface area contributed by atoms with Gasteiger partial charge in [0, 0.05) is 25.3 Å². The van der Waals surface area contributed by atoms with Gasteiger partial charge < -0.3 is 19.9 Å². The van der Waals surface area contributed by atoms with E-state index in [2.05, 4.69) is 10.2 Å². The fourth-order valence-electron chi connectivity index (χ4n) is 4.35. The van der Waals surface area contributed by atoms with Gasteiger partial charge in [-0.05, 0) is 75.9 Å². The Morgan fingerprint density at radius 2 is 1.89 bits per heavy atom. The summed E-state index contributed by atoms with van der Waals surface area (Å²) in [4.78, 5) is 28.7. The van der Waals surface area contributed by atoms with E-state index in [1.807, 2.05) is 7.05 Å². The van der Waals surface area contributed by atoms with Crippen molar-refractivity contribution in [3.8, 4) is 0 Å². The van der Waals surface area contributed by atoms with Gasteiger partial charge in [0.05, 0.1) is 12.2 Å². The second-order valence-electron chi connectivity index (χ2n) is 7.61. The molecule has 3 rings (SSSR count). The summed E-state index contributed by atoms with van der Waals surface area (Å²) in [6.45, 7) is 5.34. The Kier molecular flexibility index (Phi) is 6.72. The largest absolute Gasteiger partial charge is 0.462 e. The number of hydrogen-bond donors (Lipinski definition) is 1. The van der Waals surface area contributed by atoms with Crippen LogP contribution in [0.3, 0.4) is 0 Å². The van der Waals surface area contributed by atoms with E-state index in [1.54, 1.807) is 36.1 Å². The number of esters is 1. The van der Waals surface area contributed by atoms with Crippen LogP contribution in [0.4, 0.5) is 10.5 Å². The number of anilines is 1. The molecule has 2 saturated heterocycles. The molecule has 2 amide bonds. The number of rotatable bonds is 5. The highest BCUT2D eigenvalue weighted by molar-refractivity contribution is 5.92. The van der Waals surface area contributed by atoms with Crippen molar-refractivity contribution in [1.29, 1.82) is 0 Å². The molecule has 2 aliphatic rings. The third kappa shape index (κ3) is 5.01. The number of amides is 2. The lowest BCUT2D eigenvalue weighted by Gasteiger charge is -2.45. The molecule has 0 saturated carbocycles. The van der Waals surface area contributed by atoms with Crippen LogP contribution in [0.1, 0.15) is 49.4 Å². The normalized spacial score (nSPS) is 22.6. The summed E-state index contributed by atoms with van der Waals surface area (Å²) in [7, 11) is 1.87. The molecule has 0 spiro atoms. The van der Waals surface area contributed by atoms with Crippen LogP contribution < -0.4 is 5.32 Å². The molecule has 1 N–H and O–H groups in total. The number of nitrogens with zero attached hydrogens (tertiary/aromatic N) is 2. The van der Waals surface area contributed by atoms with Crippen molar-refractivity contribution in [2.75, 3.05) is 38.6 Å². The fourth-order valence-corrected chi connectivity index (χ4v) is 4.35. The number of hydrogen-bond acceptors (Lipinski definition) is 4. The maximum Gasteiger partial charge on any atom is 0.338 e. The standard InChI is InChI=1S/C21H31N3O3/c1-3-27-20(25)16-9-11-18(12-10-16)22-21(26)23(2)15-17-7-6-14-24-13-5-4-8-19(17)24/h9-12,17,19H,3-8,13-15H2,1-2H3,(H,22,26). The van der Waals surface area contributed by atoms with Crippen molar-refractivity contribution in [2.24, 2.45) is 5.92 Å². The molecular formula is C21H31N3O3. The zero-order chi connectivity index (χ0) is 19.2. The summed E-state index contributed by atoms with van der Waals surface area (Å²) in [5.74, 6) is 0.211. The zero-order valence-corrected chi connectivity index (χ0v) is 16.4. The van der Waals surface area contributed by atoms with E-state index in [0.717, 1.165) is 6.54 Å². The SMILES string of the molecule is CCOC(=O)c1ccc(NC(=O)N(C)CC2CCCN3CCCCC23)cc1. The Bertz CT molecular complexity index is 645. The summed E-state index contributed by atoms with van der Waals surface area (Å²) in [5.41, 5.74) is 1.17. The maximum atomic E-state index is 12.6. The summed E-state index contributed by atoms with van der Waals surface area (Å²) in [6.07, 6.45) is 6.30. The Labute approximate surface area is 161 Å². The van der Waals surface area contributed by atoms with Crippen LogP contribution in [0.5, 0.6) is 0 Å². The molecule has 6 nitrogen and oxygen atoms in total. The minimum Gasteiger partial charge on any atom is -0.462 e. The van der Waals surface area contributed by atoms with Gasteiger partial charge in [0.1, 0.15) is 0 Å². The predicted molar refractivity (Wildman–Crippen MR) is 106 cm³/mol. The van der Waals surface area contributed by atoms with Crippen LogP contribution in [-0.4, -0.2) is 61.1 Å². The highest BCUT2D eigenvalue weighted by Crippen LogP contribution is 2.31. The number of carbonyl (C=O) groups excluding carboxylic acids is 2. The molecular weight excluding hydrogens is 342 g/mol. The number of fused-ring (bicyclic) bond motifs is 1. The third-order valence-electron chi connectivity index (χ3n) is 5.73. The van der Waals surface area contributed by atoms with E-state index >= 15 is 0 Å². The predicted octanol–water partition coefficient (Wildman–Crippen LogP) is 3.59. The molecule has 0 radical (unpaired) electrons. The maximum absolute atomic E-state index is 12.6. The van der Waals surface area contributed by atoms with Crippen molar-refractivity contribution in [1.82, 2.24) is 9.80 Å². The van der Waals surface area contributed by atoms with Gasteiger partial charge in [-0.2, -0.15) is 0 Å². The smallest absolute Gasteiger partial charge is 0.338 e. The zero-order valence-electron chi connectivity index (χ0n) is 16.4. The van der Waals surface area contributed by atoms with E-state index in [1.165, 1.54) is 45.2 Å². The van der Waals surface area contributed by atoms with Gasteiger partial charge in [0.15, 0.2) is 0 Å². The highest BCUT2D eigenvalue weighted by Gasteiger charge is 2.34. The second kappa shape index (κ2) is 9.22. The monoisotopic (exact) mass is 373 g/mol. The van der Waals surface area contributed by atoms with E-state index in [-0.39, 0.29) is 12.0 Å². The first-order valence-electron chi connectivity index (χ1n) is 10.1. The van der Waals surface area contributed by atoms with E-state index in [9.17, 15) is 9.59 Å². The van der Waals surface area contributed by atoms with Gasteiger partial charge in [-0.25, -0.2) is 9.59 Å². The summed E-state index contributed by atoms with van der Waals surface area (Å²) < 4.78 is 4.98. The summed E-state index contributed by atoms with van der Waals surface area (Å²) in [5, 5.41) is 2.92. The van der Waals surface area contributed by atoms with Gasteiger partial charge in [-0.15, -0.1) is 0 Å². The molecule has 2 atom stereocenters. The number of urea groups is 1. The molecule has 27 heavy (non-hydrogen) atoms. The Morgan fingerprint density at radius 3 is 2.63 bits per heavy atom. The molecule has 1 aromatic rings. The molecule has 0 aromatic heterocycles. The molecule has 2 aliphatic heterocycles. The van der Waals surface area contributed by atoms with Crippen molar-refractivity contribution in [3.05, 3.63) is 29.8 Å². The Hall–Kier alpha value is -2.08. The number of carbonyl (C=O) groups is 2. The highest BCUT2D eigenvalue weighted by atomic mass is 16.5. The average molecular weight is 373 g/mol. The van der Waals surface area contributed by atoms with Gasteiger partial charge in [0.2, 0.25) is 0 Å². The Balaban J connectivity index is 1.53. The molecule has 2 fully saturated rings. The number of ether oxygens (including phenoxy) is 1. The average Bonchev–Trinajstić information content (AvgIpc) is 2.69. The second-order valence-corrected chi connectivity index (χ2v) is 7.61. The third-order valence-corrected chi connectivity index (χ3v) is 5.73.